The first-order chi connectivity index (χ1) is 10.1. The fourth-order valence-corrected chi connectivity index (χ4v) is 4.44. The largest absolute Gasteiger partial charge is 0.679 e. The molecule has 0 N–H and O–H groups in total. The molecule has 0 aliphatic heterocycles. The number of carbonyl (C=O) groups excluding carboxylic acids is 1. The van der Waals surface area contributed by atoms with Gasteiger partial charge < -0.3 is 17.7 Å². The molecule has 0 saturated carbocycles. The summed E-state index contributed by atoms with van der Waals surface area (Å²) >= 11 is 1.31. The topological polar surface area (TPSA) is 54.0 Å². The van der Waals surface area contributed by atoms with Crippen LogP contribution in [0.15, 0.2) is 0 Å². The van der Waals surface area contributed by atoms with Gasteiger partial charge in [-0.05, 0) is 27.2 Å². The van der Waals surface area contributed by atoms with Crippen molar-refractivity contribution in [2.45, 2.75) is 53.4 Å². The summed E-state index contributed by atoms with van der Waals surface area (Å²) in [5.74, 6) is 0.604. The standard InChI is InChI=1S/C14H30O5SSi/c1-5-9-10-11-14(15)20-13-12-19-21(16-6-2,17-7-3)18-8-4/h5-13H2,1-4H3. The van der Waals surface area contributed by atoms with Crippen LogP contribution in [0, 0.1) is 0 Å². The minimum atomic E-state index is -3.02. The van der Waals surface area contributed by atoms with Gasteiger partial charge in [-0.2, -0.15) is 0 Å². The van der Waals surface area contributed by atoms with Crippen molar-refractivity contribution in [2.24, 2.45) is 0 Å². The maximum Gasteiger partial charge on any atom is 0.679 e. The van der Waals surface area contributed by atoms with Gasteiger partial charge in [0, 0.05) is 32.0 Å². The zero-order valence-electron chi connectivity index (χ0n) is 13.8. The molecular weight excluding hydrogens is 308 g/mol. The summed E-state index contributed by atoms with van der Waals surface area (Å²) in [6.45, 7) is 9.63. The zero-order valence-corrected chi connectivity index (χ0v) is 15.6. The number of carbonyl (C=O) groups is 1. The summed E-state index contributed by atoms with van der Waals surface area (Å²) in [4.78, 5) is 11.6. The van der Waals surface area contributed by atoms with Crippen molar-refractivity contribution in [1.29, 1.82) is 0 Å². The van der Waals surface area contributed by atoms with E-state index in [4.69, 9.17) is 17.7 Å². The number of unbranched alkanes of at least 4 members (excludes halogenated alkanes) is 2. The Hall–Kier alpha value is 0.0769. The summed E-state index contributed by atoms with van der Waals surface area (Å²) < 4.78 is 22.5. The average Bonchev–Trinajstić information content (AvgIpc) is 2.45. The Balaban J connectivity index is 4.03. The van der Waals surface area contributed by atoms with Gasteiger partial charge in [0.25, 0.3) is 0 Å². The molecule has 5 nitrogen and oxygen atoms in total. The number of hydrogen-bond donors (Lipinski definition) is 0. The van der Waals surface area contributed by atoms with E-state index < -0.39 is 9.05 Å². The van der Waals surface area contributed by atoms with E-state index in [1.54, 1.807) is 0 Å². The Kier molecular flexibility index (Phi) is 13.8. The highest BCUT2D eigenvalue weighted by molar-refractivity contribution is 8.13. The minimum Gasteiger partial charge on any atom is -0.351 e. The smallest absolute Gasteiger partial charge is 0.351 e. The van der Waals surface area contributed by atoms with Crippen molar-refractivity contribution >= 4 is 25.9 Å². The lowest BCUT2D eigenvalue weighted by molar-refractivity contribution is -0.111. The Labute approximate surface area is 134 Å². The molecule has 0 saturated heterocycles. The quantitative estimate of drug-likeness (QED) is 0.357. The molecule has 0 fully saturated rings. The van der Waals surface area contributed by atoms with E-state index in [1.807, 2.05) is 20.8 Å². The van der Waals surface area contributed by atoms with Crippen molar-refractivity contribution in [2.75, 3.05) is 32.2 Å². The fourth-order valence-electron chi connectivity index (χ4n) is 1.69. The molecule has 7 heteroatoms. The van der Waals surface area contributed by atoms with E-state index in [0.29, 0.717) is 38.6 Å². The van der Waals surface area contributed by atoms with E-state index in [2.05, 4.69) is 6.92 Å². The molecule has 0 atom stereocenters. The number of hydrogen-bond acceptors (Lipinski definition) is 6. The average molecular weight is 339 g/mol. The van der Waals surface area contributed by atoms with Gasteiger partial charge in [-0.15, -0.1) is 0 Å². The summed E-state index contributed by atoms with van der Waals surface area (Å²) in [6, 6.07) is 0. The Morgan fingerprint density at radius 1 is 0.905 bits per heavy atom. The molecule has 0 aromatic rings. The first-order valence-electron chi connectivity index (χ1n) is 7.85. The third kappa shape index (κ3) is 10.4. The van der Waals surface area contributed by atoms with Crippen LogP contribution in [-0.2, 0) is 22.5 Å². The molecule has 0 aliphatic rings. The highest BCUT2D eigenvalue weighted by Gasteiger charge is 2.44. The maximum absolute atomic E-state index is 11.6. The van der Waals surface area contributed by atoms with E-state index in [9.17, 15) is 4.79 Å². The molecule has 126 valence electrons. The molecule has 0 amide bonds. The molecule has 21 heavy (non-hydrogen) atoms. The molecule has 0 spiro atoms. The number of rotatable bonds is 14. The monoisotopic (exact) mass is 338 g/mol. The van der Waals surface area contributed by atoms with Crippen molar-refractivity contribution < 1.29 is 22.5 Å². The van der Waals surface area contributed by atoms with Crippen LogP contribution in [0.25, 0.3) is 0 Å². The van der Waals surface area contributed by atoms with Crippen molar-refractivity contribution in [1.82, 2.24) is 0 Å². The van der Waals surface area contributed by atoms with Crippen LogP contribution >= 0.6 is 11.8 Å². The van der Waals surface area contributed by atoms with Gasteiger partial charge in [-0.3, -0.25) is 4.79 Å². The van der Waals surface area contributed by atoms with Crippen LogP contribution in [0.5, 0.6) is 0 Å². The second-order valence-electron chi connectivity index (χ2n) is 4.33. The van der Waals surface area contributed by atoms with Gasteiger partial charge in [0.1, 0.15) is 0 Å². The lowest BCUT2D eigenvalue weighted by Crippen LogP contribution is -2.49. The second kappa shape index (κ2) is 13.7. The highest BCUT2D eigenvalue weighted by atomic mass is 32.2. The lowest BCUT2D eigenvalue weighted by Gasteiger charge is -2.26. The number of thioether (sulfide) groups is 1. The molecule has 0 unspecified atom stereocenters. The Morgan fingerprint density at radius 2 is 1.48 bits per heavy atom. The summed E-state index contributed by atoms with van der Waals surface area (Å²) in [6.07, 6.45) is 3.85. The van der Waals surface area contributed by atoms with Crippen molar-refractivity contribution in [3.63, 3.8) is 0 Å². The van der Waals surface area contributed by atoms with E-state index >= 15 is 0 Å². The predicted molar refractivity (Wildman–Crippen MR) is 88.2 cm³/mol. The minimum absolute atomic E-state index is 0.226. The van der Waals surface area contributed by atoms with E-state index in [-0.39, 0.29) is 5.12 Å². The summed E-state index contributed by atoms with van der Waals surface area (Å²) in [7, 11) is -3.02. The first-order valence-corrected chi connectivity index (χ1v) is 10.5. The molecule has 0 bridgehead atoms. The second-order valence-corrected chi connectivity index (χ2v) is 7.63. The van der Waals surface area contributed by atoms with Crippen LogP contribution in [-0.4, -0.2) is 46.3 Å². The third-order valence-corrected chi connectivity index (χ3v) is 5.95. The molecular formula is C14H30O5SSi. The van der Waals surface area contributed by atoms with Gasteiger partial charge in [-0.25, -0.2) is 0 Å². The van der Waals surface area contributed by atoms with Crippen molar-refractivity contribution in [3.05, 3.63) is 0 Å². The highest BCUT2D eigenvalue weighted by Crippen LogP contribution is 2.14. The third-order valence-electron chi connectivity index (χ3n) is 2.57. The van der Waals surface area contributed by atoms with Crippen LogP contribution in [0.1, 0.15) is 53.4 Å². The molecule has 0 aliphatic carbocycles. The normalized spacial score (nSPS) is 11.8. The Morgan fingerprint density at radius 3 is 1.95 bits per heavy atom. The predicted octanol–water partition coefficient (Wildman–Crippen LogP) is 3.39. The van der Waals surface area contributed by atoms with Gasteiger partial charge >= 0.3 is 9.05 Å². The molecule has 0 heterocycles. The zero-order chi connectivity index (χ0) is 16.0. The lowest BCUT2D eigenvalue weighted by atomic mass is 10.2. The van der Waals surface area contributed by atoms with Crippen LogP contribution < -0.4 is 0 Å². The first kappa shape index (κ1) is 21.1. The van der Waals surface area contributed by atoms with E-state index in [0.717, 1.165) is 19.3 Å². The molecule has 0 rings (SSSR count). The van der Waals surface area contributed by atoms with Gasteiger partial charge in [0.05, 0.1) is 6.61 Å². The fraction of sp³-hybridized carbons (Fsp3) is 0.929. The van der Waals surface area contributed by atoms with Crippen LogP contribution in [0.2, 0.25) is 0 Å². The summed E-state index contributed by atoms with van der Waals surface area (Å²) in [5.41, 5.74) is 0. The SMILES string of the molecule is CCCCCC(=O)SCCO[Si](OCC)(OCC)OCC. The van der Waals surface area contributed by atoms with E-state index in [1.165, 1.54) is 11.8 Å². The van der Waals surface area contributed by atoms with Crippen LogP contribution in [0.4, 0.5) is 0 Å². The summed E-state index contributed by atoms with van der Waals surface area (Å²) in [5, 5.41) is 0.226. The molecule has 0 aromatic carbocycles. The van der Waals surface area contributed by atoms with Gasteiger partial charge in [0.2, 0.25) is 0 Å². The molecule has 0 aromatic heterocycles. The van der Waals surface area contributed by atoms with Crippen LogP contribution in [0.3, 0.4) is 0 Å². The van der Waals surface area contributed by atoms with Gasteiger partial charge in [0.15, 0.2) is 5.12 Å². The molecule has 0 radical (unpaired) electrons. The van der Waals surface area contributed by atoms with Gasteiger partial charge in [-0.1, -0.05) is 31.5 Å². The Bertz CT molecular complexity index is 249. The van der Waals surface area contributed by atoms with Crippen molar-refractivity contribution in [3.8, 4) is 0 Å². The maximum atomic E-state index is 11.6.